The van der Waals surface area contributed by atoms with Crippen LogP contribution in [0.4, 0.5) is 4.39 Å². The van der Waals surface area contributed by atoms with E-state index in [-0.39, 0.29) is 11.2 Å². The van der Waals surface area contributed by atoms with Crippen LogP contribution in [0.5, 0.6) is 0 Å². The van der Waals surface area contributed by atoms with Crippen LogP contribution in [0, 0.1) is 29.0 Å². The van der Waals surface area contributed by atoms with Gasteiger partial charge in [0.05, 0.1) is 0 Å². The van der Waals surface area contributed by atoms with Crippen LogP contribution in [0.25, 0.3) is 0 Å². The molecule has 0 radical (unpaired) electrons. The summed E-state index contributed by atoms with van der Waals surface area (Å²) in [5.41, 5.74) is 1.41. The summed E-state index contributed by atoms with van der Waals surface area (Å²) in [5.74, 6) is 2.64. The van der Waals surface area contributed by atoms with Crippen LogP contribution in [0.3, 0.4) is 0 Å². The van der Waals surface area contributed by atoms with E-state index in [1.54, 1.807) is 12.1 Å². The van der Waals surface area contributed by atoms with Gasteiger partial charge >= 0.3 is 0 Å². The zero-order chi connectivity index (χ0) is 13.7. The fourth-order valence-corrected chi connectivity index (χ4v) is 6.09. The topological polar surface area (TPSA) is 0 Å². The van der Waals surface area contributed by atoms with E-state index in [4.69, 9.17) is 11.6 Å². The van der Waals surface area contributed by atoms with Crippen LogP contribution in [0.1, 0.15) is 44.1 Å². The molecule has 0 aromatic heterocycles. The Kier molecular flexibility index (Phi) is 3.10. The summed E-state index contributed by atoms with van der Waals surface area (Å²) in [6, 6.07) is 6.97. The molecule has 1 aromatic rings. The summed E-state index contributed by atoms with van der Waals surface area (Å²) in [4.78, 5) is 0. The highest BCUT2D eigenvalue weighted by Gasteiger charge is 2.53. The number of hydrogen-bond donors (Lipinski definition) is 0. The first-order valence-corrected chi connectivity index (χ1v) is 8.45. The Balaban J connectivity index is 1.54. The van der Waals surface area contributed by atoms with E-state index < -0.39 is 0 Å². The highest BCUT2D eigenvalue weighted by Crippen LogP contribution is 2.62. The molecule has 4 fully saturated rings. The third-order valence-electron chi connectivity index (χ3n) is 6.05. The monoisotopic (exact) mass is 292 g/mol. The van der Waals surface area contributed by atoms with Crippen molar-refractivity contribution in [2.75, 3.05) is 0 Å². The lowest BCUT2D eigenvalue weighted by molar-refractivity contribution is -0.0545. The molecule has 4 saturated carbocycles. The second-order valence-corrected chi connectivity index (χ2v) is 8.11. The summed E-state index contributed by atoms with van der Waals surface area (Å²) < 4.78 is 13.3. The van der Waals surface area contributed by atoms with Crippen molar-refractivity contribution in [2.24, 2.45) is 23.2 Å². The average Bonchev–Trinajstić information content (AvgIpc) is 2.37. The molecule has 1 aromatic carbocycles. The molecule has 0 N–H and O–H groups in total. The van der Waals surface area contributed by atoms with Gasteiger partial charge in [0.25, 0.3) is 0 Å². The van der Waals surface area contributed by atoms with E-state index in [0.717, 1.165) is 29.7 Å². The van der Waals surface area contributed by atoms with Crippen molar-refractivity contribution in [3.05, 3.63) is 35.6 Å². The molecule has 108 valence electrons. The van der Waals surface area contributed by atoms with Crippen molar-refractivity contribution in [3.63, 3.8) is 0 Å². The largest absolute Gasteiger partial charge is 0.207 e. The fraction of sp³-hybridized carbons (Fsp3) is 0.667. The van der Waals surface area contributed by atoms with Gasteiger partial charge in [0.15, 0.2) is 0 Å². The molecular formula is C18H22ClF. The highest BCUT2D eigenvalue weighted by molar-refractivity contribution is 6.21. The van der Waals surface area contributed by atoms with Gasteiger partial charge in [-0.25, -0.2) is 4.39 Å². The number of halogens is 2. The smallest absolute Gasteiger partial charge is 0.123 e. The standard InChI is InChI=1S/C18H22ClF/c19-17(8-12-2-1-3-16(20)7-12)18-9-13-4-14(10-18)6-15(5-13)11-18/h1-3,7,13-15,17H,4-6,8-11H2. The Bertz CT molecular complexity index is 475. The predicted octanol–water partition coefficient (Wildman–Crippen LogP) is 5.19. The number of benzene rings is 1. The maximum absolute atomic E-state index is 13.3. The molecule has 4 aliphatic rings. The van der Waals surface area contributed by atoms with Crippen LogP contribution < -0.4 is 0 Å². The van der Waals surface area contributed by atoms with Crippen molar-refractivity contribution in [1.29, 1.82) is 0 Å². The van der Waals surface area contributed by atoms with Crippen molar-refractivity contribution in [2.45, 2.75) is 50.3 Å². The van der Waals surface area contributed by atoms with E-state index in [1.807, 2.05) is 6.07 Å². The van der Waals surface area contributed by atoms with Crippen LogP contribution in [-0.4, -0.2) is 5.38 Å². The Labute approximate surface area is 125 Å². The summed E-state index contributed by atoms with van der Waals surface area (Å²) in [6.07, 6.45) is 9.13. The lowest BCUT2D eigenvalue weighted by Crippen LogP contribution is -2.50. The lowest BCUT2D eigenvalue weighted by atomic mass is 9.48. The van der Waals surface area contributed by atoms with Crippen LogP contribution in [0.15, 0.2) is 24.3 Å². The van der Waals surface area contributed by atoms with E-state index in [1.165, 1.54) is 44.6 Å². The minimum atomic E-state index is -0.142. The molecule has 0 saturated heterocycles. The predicted molar refractivity (Wildman–Crippen MR) is 80.4 cm³/mol. The second-order valence-electron chi connectivity index (χ2n) is 7.58. The maximum Gasteiger partial charge on any atom is 0.123 e. The molecule has 0 aliphatic heterocycles. The molecule has 0 heterocycles. The molecule has 1 atom stereocenters. The summed E-state index contributed by atoms with van der Waals surface area (Å²) in [7, 11) is 0. The van der Waals surface area contributed by atoms with Crippen LogP contribution in [0.2, 0.25) is 0 Å². The normalized spacial score (nSPS) is 40.0. The zero-order valence-electron chi connectivity index (χ0n) is 11.8. The van der Waals surface area contributed by atoms with Gasteiger partial charge in [0, 0.05) is 5.38 Å². The first kappa shape index (κ1) is 13.1. The molecule has 1 unspecified atom stereocenters. The van der Waals surface area contributed by atoms with Gasteiger partial charge in [-0.15, -0.1) is 11.6 Å². The molecule has 20 heavy (non-hydrogen) atoms. The maximum atomic E-state index is 13.3. The first-order chi connectivity index (χ1) is 9.63. The Hall–Kier alpha value is -0.560. The average molecular weight is 293 g/mol. The van der Waals surface area contributed by atoms with Gasteiger partial charge in [0.1, 0.15) is 5.82 Å². The number of alkyl halides is 1. The Morgan fingerprint density at radius 2 is 1.70 bits per heavy atom. The minimum absolute atomic E-state index is 0.142. The summed E-state index contributed by atoms with van der Waals surface area (Å²) in [5, 5.41) is 0.178. The van der Waals surface area contributed by atoms with Crippen LogP contribution in [-0.2, 0) is 6.42 Å². The van der Waals surface area contributed by atoms with Gasteiger partial charge in [-0.3, -0.25) is 0 Å². The molecule has 4 bridgehead atoms. The number of rotatable bonds is 3. The van der Waals surface area contributed by atoms with E-state index in [2.05, 4.69) is 0 Å². The van der Waals surface area contributed by atoms with Crippen molar-refractivity contribution in [3.8, 4) is 0 Å². The third kappa shape index (κ3) is 2.19. The van der Waals surface area contributed by atoms with E-state index >= 15 is 0 Å². The Morgan fingerprint density at radius 3 is 2.25 bits per heavy atom. The van der Waals surface area contributed by atoms with Crippen LogP contribution >= 0.6 is 11.6 Å². The first-order valence-electron chi connectivity index (χ1n) is 8.01. The quantitative estimate of drug-likeness (QED) is 0.672. The molecule has 0 amide bonds. The van der Waals surface area contributed by atoms with Gasteiger partial charge in [0.2, 0.25) is 0 Å². The molecule has 2 heteroatoms. The zero-order valence-corrected chi connectivity index (χ0v) is 12.6. The van der Waals surface area contributed by atoms with Crippen molar-refractivity contribution >= 4 is 11.6 Å². The van der Waals surface area contributed by atoms with Gasteiger partial charge in [-0.05, 0) is 85.8 Å². The van der Waals surface area contributed by atoms with E-state index in [0.29, 0.717) is 5.41 Å². The second kappa shape index (κ2) is 4.73. The highest BCUT2D eigenvalue weighted by atomic mass is 35.5. The molecular weight excluding hydrogens is 271 g/mol. The van der Waals surface area contributed by atoms with Gasteiger partial charge < -0.3 is 0 Å². The number of hydrogen-bond acceptors (Lipinski definition) is 0. The Morgan fingerprint density at radius 1 is 1.10 bits per heavy atom. The molecule has 5 rings (SSSR count). The van der Waals surface area contributed by atoms with Gasteiger partial charge in [-0.1, -0.05) is 12.1 Å². The molecule has 0 nitrogen and oxygen atoms in total. The SMILES string of the molecule is Fc1cccc(CC(Cl)C23CC4CC(CC(C4)C2)C3)c1. The molecule has 4 aliphatic carbocycles. The minimum Gasteiger partial charge on any atom is -0.207 e. The third-order valence-corrected chi connectivity index (χ3v) is 6.67. The molecule has 0 spiro atoms. The van der Waals surface area contributed by atoms with E-state index in [9.17, 15) is 4.39 Å². The lowest BCUT2D eigenvalue weighted by Gasteiger charge is -2.58. The van der Waals surface area contributed by atoms with Crippen molar-refractivity contribution in [1.82, 2.24) is 0 Å². The summed E-state index contributed by atoms with van der Waals surface area (Å²) in [6.45, 7) is 0. The van der Waals surface area contributed by atoms with Gasteiger partial charge in [-0.2, -0.15) is 0 Å². The summed E-state index contributed by atoms with van der Waals surface area (Å²) >= 11 is 6.87. The fourth-order valence-electron chi connectivity index (χ4n) is 5.65. The van der Waals surface area contributed by atoms with Crippen molar-refractivity contribution < 1.29 is 4.39 Å².